The molecule has 3 aromatic heterocycles. The standard InChI is InChI=1S/C12H11N3O/c1-7-5-9(8(2)16-7)12-14-10-3-4-13-6-11(10)15-12/h3-6H,1-2H3,(H,14,15). The molecule has 16 heavy (non-hydrogen) atoms. The maximum Gasteiger partial charge on any atom is 0.142 e. The molecule has 0 aromatic carbocycles. The fourth-order valence-electron chi connectivity index (χ4n) is 1.85. The average Bonchev–Trinajstić information content (AvgIpc) is 2.81. The van der Waals surface area contributed by atoms with Crippen molar-refractivity contribution in [3.05, 3.63) is 36.0 Å². The molecule has 1 N–H and O–H groups in total. The molecule has 0 fully saturated rings. The summed E-state index contributed by atoms with van der Waals surface area (Å²) in [5.41, 5.74) is 2.87. The average molecular weight is 213 g/mol. The van der Waals surface area contributed by atoms with Crippen LogP contribution in [0.5, 0.6) is 0 Å². The van der Waals surface area contributed by atoms with E-state index in [2.05, 4.69) is 15.0 Å². The topological polar surface area (TPSA) is 54.7 Å². The number of imidazole rings is 1. The van der Waals surface area contributed by atoms with Crippen LogP contribution in [0.4, 0.5) is 0 Å². The van der Waals surface area contributed by atoms with Crippen LogP contribution >= 0.6 is 0 Å². The number of fused-ring (bicyclic) bond motifs is 1. The molecule has 0 bridgehead atoms. The Balaban J connectivity index is 2.22. The third-order valence-electron chi connectivity index (χ3n) is 2.58. The minimum absolute atomic E-state index is 0.831. The summed E-state index contributed by atoms with van der Waals surface area (Å²) in [6.07, 6.45) is 3.51. The molecule has 0 unspecified atom stereocenters. The fourth-order valence-corrected chi connectivity index (χ4v) is 1.85. The Bertz CT molecular complexity index is 618. The summed E-state index contributed by atoms with van der Waals surface area (Å²) in [6.45, 7) is 3.87. The Labute approximate surface area is 92.3 Å². The van der Waals surface area contributed by atoms with Crippen LogP contribution in [-0.4, -0.2) is 15.0 Å². The minimum Gasteiger partial charge on any atom is -0.466 e. The summed E-state index contributed by atoms with van der Waals surface area (Å²) >= 11 is 0. The Hall–Kier alpha value is -2.10. The van der Waals surface area contributed by atoms with Crippen molar-refractivity contribution in [2.75, 3.05) is 0 Å². The van der Waals surface area contributed by atoms with E-state index in [0.717, 1.165) is 33.9 Å². The first-order valence-corrected chi connectivity index (χ1v) is 5.11. The lowest BCUT2D eigenvalue weighted by atomic mass is 10.2. The van der Waals surface area contributed by atoms with E-state index in [4.69, 9.17) is 4.42 Å². The molecule has 3 rings (SSSR count). The van der Waals surface area contributed by atoms with Gasteiger partial charge in [-0.1, -0.05) is 0 Å². The van der Waals surface area contributed by atoms with Gasteiger partial charge in [0.05, 0.1) is 22.8 Å². The molecule has 0 spiro atoms. The van der Waals surface area contributed by atoms with Crippen molar-refractivity contribution in [2.24, 2.45) is 0 Å². The highest BCUT2D eigenvalue weighted by Crippen LogP contribution is 2.25. The molecule has 0 aliphatic rings. The number of aromatic amines is 1. The number of furan rings is 1. The van der Waals surface area contributed by atoms with Gasteiger partial charge in [0.1, 0.15) is 17.3 Å². The van der Waals surface area contributed by atoms with Crippen LogP contribution in [0.25, 0.3) is 22.4 Å². The van der Waals surface area contributed by atoms with Crippen LogP contribution < -0.4 is 0 Å². The number of nitrogens with zero attached hydrogens (tertiary/aromatic N) is 2. The highest BCUT2D eigenvalue weighted by Gasteiger charge is 2.11. The zero-order valence-corrected chi connectivity index (χ0v) is 9.11. The zero-order valence-electron chi connectivity index (χ0n) is 9.11. The van der Waals surface area contributed by atoms with Gasteiger partial charge in [0.15, 0.2) is 0 Å². The van der Waals surface area contributed by atoms with Gasteiger partial charge in [-0.15, -0.1) is 0 Å². The Morgan fingerprint density at radius 3 is 2.88 bits per heavy atom. The smallest absolute Gasteiger partial charge is 0.142 e. The predicted molar refractivity (Wildman–Crippen MR) is 61.1 cm³/mol. The molecule has 80 valence electrons. The lowest BCUT2D eigenvalue weighted by molar-refractivity contribution is 0.505. The van der Waals surface area contributed by atoms with E-state index in [1.165, 1.54) is 0 Å². The molecule has 4 nitrogen and oxygen atoms in total. The summed E-state index contributed by atoms with van der Waals surface area (Å²) in [4.78, 5) is 11.8. The number of hydrogen-bond donors (Lipinski definition) is 1. The second-order valence-electron chi connectivity index (χ2n) is 3.81. The molecular weight excluding hydrogens is 202 g/mol. The molecule has 3 heterocycles. The molecule has 0 aliphatic heterocycles. The lowest BCUT2D eigenvalue weighted by Crippen LogP contribution is -1.78. The van der Waals surface area contributed by atoms with Gasteiger partial charge in [0, 0.05) is 6.20 Å². The molecule has 0 radical (unpaired) electrons. The molecule has 4 heteroatoms. The van der Waals surface area contributed by atoms with E-state index in [1.54, 1.807) is 12.4 Å². The summed E-state index contributed by atoms with van der Waals surface area (Å²) in [5, 5.41) is 0. The van der Waals surface area contributed by atoms with Crippen LogP contribution in [0.1, 0.15) is 11.5 Å². The van der Waals surface area contributed by atoms with Gasteiger partial charge >= 0.3 is 0 Å². The number of aromatic nitrogens is 3. The van der Waals surface area contributed by atoms with Gasteiger partial charge in [0.2, 0.25) is 0 Å². The van der Waals surface area contributed by atoms with Crippen molar-refractivity contribution in [2.45, 2.75) is 13.8 Å². The first-order chi connectivity index (χ1) is 7.74. The SMILES string of the molecule is Cc1cc(-c2nc3ccncc3[nH]2)c(C)o1. The number of rotatable bonds is 1. The molecule has 3 aromatic rings. The van der Waals surface area contributed by atoms with E-state index in [0.29, 0.717) is 0 Å². The maximum atomic E-state index is 5.49. The van der Waals surface area contributed by atoms with E-state index in [1.807, 2.05) is 26.0 Å². The summed E-state index contributed by atoms with van der Waals surface area (Å²) in [5.74, 6) is 2.60. The van der Waals surface area contributed by atoms with Crippen molar-refractivity contribution < 1.29 is 4.42 Å². The third-order valence-corrected chi connectivity index (χ3v) is 2.58. The first-order valence-electron chi connectivity index (χ1n) is 5.11. The summed E-state index contributed by atoms with van der Waals surface area (Å²) in [7, 11) is 0. The molecule has 0 atom stereocenters. The molecule has 0 amide bonds. The van der Waals surface area contributed by atoms with Crippen LogP contribution in [0, 0.1) is 13.8 Å². The highest BCUT2D eigenvalue weighted by molar-refractivity contribution is 5.78. The second kappa shape index (κ2) is 3.20. The molecule has 0 saturated carbocycles. The summed E-state index contributed by atoms with van der Waals surface area (Å²) < 4.78 is 5.49. The predicted octanol–water partition coefficient (Wildman–Crippen LogP) is 2.83. The van der Waals surface area contributed by atoms with E-state index in [-0.39, 0.29) is 0 Å². The van der Waals surface area contributed by atoms with Gasteiger partial charge in [-0.2, -0.15) is 0 Å². The van der Waals surface area contributed by atoms with Crippen molar-refractivity contribution in [3.63, 3.8) is 0 Å². The number of pyridine rings is 1. The van der Waals surface area contributed by atoms with E-state index < -0.39 is 0 Å². The van der Waals surface area contributed by atoms with Crippen molar-refractivity contribution in [1.82, 2.24) is 15.0 Å². The van der Waals surface area contributed by atoms with Gasteiger partial charge in [-0.25, -0.2) is 4.98 Å². The molecular formula is C12H11N3O. The largest absolute Gasteiger partial charge is 0.466 e. The van der Waals surface area contributed by atoms with Gasteiger partial charge in [-0.3, -0.25) is 4.98 Å². The van der Waals surface area contributed by atoms with Crippen molar-refractivity contribution >= 4 is 11.0 Å². The number of H-pyrrole nitrogens is 1. The second-order valence-corrected chi connectivity index (χ2v) is 3.81. The van der Waals surface area contributed by atoms with E-state index in [9.17, 15) is 0 Å². The fraction of sp³-hybridized carbons (Fsp3) is 0.167. The molecule has 0 aliphatic carbocycles. The molecule has 0 saturated heterocycles. The number of aryl methyl sites for hydroxylation is 2. The number of hydrogen-bond acceptors (Lipinski definition) is 3. The van der Waals surface area contributed by atoms with E-state index >= 15 is 0 Å². The third kappa shape index (κ3) is 1.31. The quantitative estimate of drug-likeness (QED) is 0.676. The van der Waals surface area contributed by atoms with Crippen LogP contribution in [0.3, 0.4) is 0 Å². The maximum absolute atomic E-state index is 5.49. The lowest BCUT2D eigenvalue weighted by Gasteiger charge is -1.90. The van der Waals surface area contributed by atoms with Crippen LogP contribution in [0.2, 0.25) is 0 Å². The van der Waals surface area contributed by atoms with Crippen molar-refractivity contribution in [1.29, 1.82) is 0 Å². The van der Waals surface area contributed by atoms with Gasteiger partial charge < -0.3 is 9.40 Å². The minimum atomic E-state index is 0.831. The van der Waals surface area contributed by atoms with Gasteiger partial charge in [0.25, 0.3) is 0 Å². The highest BCUT2D eigenvalue weighted by atomic mass is 16.3. The van der Waals surface area contributed by atoms with Gasteiger partial charge in [-0.05, 0) is 26.0 Å². The zero-order chi connectivity index (χ0) is 11.1. The monoisotopic (exact) mass is 213 g/mol. The van der Waals surface area contributed by atoms with Crippen LogP contribution in [-0.2, 0) is 0 Å². The summed E-state index contributed by atoms with van der Waals surface area (Å²) in [6, 6.07) is 3.87. The Morgan fingerprint density at radius 2 is 2.19 bits per heavy atom. The van der Waals surface area contributed by atoms with Crippen LogP contribution in [0.15, 0.2) is 28.9 Å². The number of nitrogens with one attached hydrogen (secondary N) is 1. The Kier molecular flexibility index (Phi) is 1.83. The van der Waals surface area contributed by atoms with Crippen molar-refractivity contribution in [3.8, 4) is 11.4 Å². The first kappa shape index (κ1) is 9.15. The normalized spacial score (nSPS) is 11.1. The Morgan fingerprint density at radius 1 is 1.31 bits per heavy atom.